The summed E-state index contributed by atoms with van der Waals surface area (Å²) in [5.74, 6) is 0. The van der Waals surface area contributed by atoms with Gasteiger partial charge >= 0.3 is 0 Å². The van der Waals surface area contributed by atoms with Crippen molar-refractivity contribution in [3.8, 4) is 0 Å². The van der Waals surface area contributed by atoms with Crippen molar-refractivity contribution in [2.45, 2.75) is 55.1 Å². The van der Waals surface area contributed by atoms with Crippen LogP contribution in [0.25, 0.3) is 0 Å². The molecule has 1 aliphatic carbocycles. The van der Waals surface area contributed by atoms with Gasteiger partial charge in [-0.1, -0.05) is 0 Å². The number of alkyl halides is 1. The summed E-state index contributed by atoms with van der Waals surface area (Å²) in [6, 6.07) is 0. The first kappa shape index (κ1) is 17.0. The van der Waals surface area contributed by atoms with Crippen molar-refractivity contribution in [3.63, 3.8) is 0 Å². The van der Waals surface area contributed by atoms with Gasteiger partial charge in [-0.25, -0.2) is 4.39 Å². The monoisotopic (exact) mass is 327 g/mol. The second-order valence-corrected chi connectivity index (χ2v) is 5.88. The zero-order valence-corrected chi connectivity index (χ0v) is 12.0. The largest absolute Gasteiger partial charge is 0.393 e. The molecule has 0 aromatic heterocycles. The minimum absolute atomic E-state index is 0.0868. The summed E-state index contributed by atoms with van der Waals surface area (Å²) in [5, 5.41) is 40.0. The van der Waals surface area contributed by atoms with Gasteiger partial charge in [0.15, 0.2) is 23.8 Å². The van der Waals surface area contributed by atoms with Crippen molar-refractivity contribution < 1.29 is 33.9 Å². The van der Waals surface area contributed by atoms with Crippen LogP contribution in [0.2, 0.25) is 0 Å². The number of hydrogen-bond donors (Lipinski definition) is 4. The van der Waals surface area contributed by atoms with Gasteiger partial charge in [-0.3, -0.25) is 14.0 Å². The van der Waals surface area contributed by atoms with Gasteiger partial charge in [0.05, 0.1) is 24.1 Å². The van der Waals surface area contributed by atoms with Crippen LogP contribution in [0.3, 0.4) is 0 Å². The third-order valence-corrected chi connectivity index (χ3v) is 4.73. The van der Waals surface area contributed by atoms with Gasteiger partial charge in [0.2, 0.25) is 0 Å². The molecule has 0 aromatic rings. The Morgan fingerprint density at radius 2 is 1.86 bits per heavy atom. The maximum Gasteiger partial charge on any atom is 0.183 e. The molecule has 9 heteroatoms. The molecule has 122 valence electrons. The van der Waals surface area contributed by atoms with Gasteiger partial charge in [-0.2, -0.15) is 0 Å². The van der Waals surface area contributed by atoms with Crippen LogP contribution in [0.4, 0.5) is 4.39 Å². The van der Waals surface area contributed by atoms with E-state index in [1.54, 1.807) is 0 Å². The number of halogens is 2. The first-order valence-corrected chi connectivity index (χ1v) is 7.04. The van der Waals surface area contributed by atoms with E-state index in [2.05, 4.69) is 4.29 Å². The highest BCUT2D eigenvalue weighted by molar-refractivity contribution is 6.08. The molecule has 4 N–H and O–H groups in total. The van der Waals surface area contributed by atoms with E-state index in [0.717, 1.165) is 0 Å². The van der Waals surface area contributed by atoms with Gasteiger partial charge in [-0.05, 0) is 12.8 Å². The molecule has 0 spiro atoms. The molecule has 0 aromatic carbocycles. The molecule has 5 atom stereocenters. The van der Waals surface area contributed by atoms with Crippen LogP contribution in [0, 0.1) is 0 Å². The molecule has 0 amide bonds. The second kappa shape index (κ2) is 6.04. The Labute approximate surface area is 126 Å². The van der Waals surface area contributed by atoms with Crippen LogP contribution in [0.1, 0.15) is 19.3 Å². The lowest BCUT2D eigenvalue weighted by molar-refractivity contribution is -0.291. The number of aliphatic hydroxyl groups excluding tert-OH is 3. The first-order valence-electron chi connectivity index (χ1n) is 6.73. The van der Waals surface area contributed by atoms with Gasteiger partial charge in [0.25, 0.3) is 0 Å². The van der Waals surface area contributed by atoms with E-state index in [4.69, 9.17) is 11.9 Å². The van der Waals surface area contributed by atoms with Crippen molar-refractivity contribution in [1.82, 2.24) is 4.90 Å². The Kier molecular flexibility index (Phi) is 4.89. The number of likely N-dealkylation sites (tertiary alicyclic amines) is 1. The first-order chi connectivity index (χ1) is 9.81. The number of piperidine rings is 1. The smallest absolute Gasteiger partial charge is 0.183 e. The van der Waals surface area contributed by atoms with Crippen LogP contribution in [0.5, 0.6) is 0 Å². The fourth-order valence-corrected chi connectivity index (χ4v) is 3.28. The Hall–Kier alpha value is -0.350. The van der Waals surface area contributed by atoms with Crippen LogP contribution < -0.4 is 0 Å². The Balaban J connectivity index is 2.35. The summed E-state index contributed by atoms with van der Waals surface area (Å²) in [7, 11) is 0. The third kappa shape index (κ3) is 2.59. The molecule has 2 aliphatic rings. The highest BCUT2D eigenvalue weighted by Crippen LogP contribution is 2.43. The molecule has 0 radical (unpaired) electrons. The topological polar surface area (TPSA) is 110 Å². The van der Waals surface area contributed by atoms with Crippen molar-refractivity contribution in [2.75, 3.05) is 13.1 Å². The zero-order valence-electron chi connectivity index (χ0n) is 11.2. The van der Waals surface area contributed by atoms with E-state index < -0.39 is 42.2 Å². The molecule has 1 saturated heterocycles. The molecular weight excluding hydrogens is 309 g/mol. The van der Waals surface area contributed by atoms with E-state index in [1.807, 2.05) is 0 Å². The van der Waals surface area contributed by atoms with Gasteiger partial charge in [0, 0.05) is 19.5 Å². The van der Waals surface area contributed by atoms with Crippen LogP contribution >= 0.6 is 11.9 Å². The second-order valence-electron chi connectivity index (χ2n) is 5.73. The number of aliphatic hydroxyl groups is 4. The Bertz CT molecular complexity index is 396. The number of carbonyl (C=O) groups excluding carboxylic acids is 1. The van der Waals surface area contributed by atoms with Crippen LogP contribution in [0.15, 0.2) is 0 Å². The summed E-state index contributed by atoms with van der Waals surface area (Å²) in [6.07, 6.45) is -6.28. The number of aldehydes is 1. The lowest BCUT2D eigenvalue weighted by Crippen LogP contribution is -2.76. The summed E-state index contributed by atoms with van der Waals surface area (Å²) in [4.78, 5) is 12.4. The number of rotatable bonds is 3. The minimum Gasteiger partial charge on any atom is -0.393 e. The molecule has 0 bridgehead atoms. The van der Waals surface area contributed by atoms with Gasteiger partial charge in [0.1, 0.15) is 6.10 Å². The quantitative estimate of drug-likeness (QED) is 0.477. The number of nitrogens with zero attached hydrogens (tertiary/aromatic N) is 1. The van der Waals surface area contributed by atoms with E-state index in [-0.39, 0.29) is 32.2 Å². The zero-order chi connectivity index (χ0) is 15.8. The molecule has 2 fully saturated rings. The van der Waals surface area contributed by atoms with Crippen molar-refractivity contribution >= 4 is 18.2 Å². The fraction of sp³-hybridized carbons (Fsp3) is 0.917. The minimum atomic E-state index is -2.52. The molecular formula is C12H19ClFNO6. The third-order valence-electron chi connectivity index (χ3n) is 4.44. The number of carbonyl (C=O) groups is 1. The standard InChI is InChI=1S/C12H19ClFNO6/c13-21-11(6-16)5-8(18)9(19)12(20,10(11)14)15-3-1-7(17)2-4-15/h6-10,17-20H,1-5H2/t8-,9?,10?,11?,12+/m1/s1. The highest BCUT2D eigenvalue weighted by Gasteiger charge is 2.65. The van der Waals surface area contributed by atoms with Crippen molar-refractivity contribution in [3.05, 3.63) is 0 Å². The maximum absolute atomic E-state index is 14.8. The van der Waals surface area contributed by atoms with Crippen molar-refractivity contribution in [1.29, 1.82) is 0 Å². The normalized spacial score (nSPS) is 46.5. The lowest BCUT2D eigenvalue weighted by Gasteiger charge is -2.54. The lowest BCUT2D eigenvalue weighted by atomic mass is 9.73. The Morgan fingerprint density at radius 3 is 2.33 bits per heavy atom. The molecule has 7 nitrogen and oxygen atoms in total. The SMILES string of the molecule is O=CC1(OCl)C[C@@H](O)C(O)[C@@](O)(N2CCC(O)CC2)C1F. The maximum atomic E-state index is 14.8. The summed E-state index contributed by atoms with van der Waals surface area (Å²) < 4.78 is 19.2. The molecule has 1 aliphatic heterocycles. The summed E-state index contributed by atoms with van der Waals surface area (Å²) in [6.45, 7) is 0.193. The summed E-state index contributed by atoms with van der Waals surface area (Å²) >= 11 is 5.20. The molecule has 21 heavy (non-hydrogen) atoms. The van der Waals surface area contributed by atoms with Gasteiger partial charge < -0.3 is 20.4 Å². The molecule has 1 saturated carbocycles. The van der Waals surface area contributed by atoms with Crippen molar-refractivity contribution in [2.24, 2.45) is 0 Å². The molecule has 2 rings (SSSR count). The number of hydrogen-bond acceptors (Lipinski definition) is 7. The average molecular weight is 328 g/mol. The van der Waals surface area contributed by atoms with Crippen LogP contribution in [-0.4, -0.2) is 80.5 Å². The summed E-state index contributed by atoms with van der Waals surface area (Å²) in [5.41, 5.74) is -4.77. The predicted octanol–water partition coefficient (Wildman–Crippen LogP) is -1.30. The van der Waals surface area contributed by atoms with Gasteiger partial charge in [-0.15, -0.1) is 0 Å². The highest BCUT2D eigenvalue weighted by atomic mass is 35.5. The van der Waals surface area contributed by atoms with Crippen LogP contribution in [-0.2, 0) is 9.08 Å². The molecule has 3 unspecified atom stereocenters. The van der Waals surface area contributed by atoms with E-state index in [0.29, 0.717) is 0 Å². The predicted molar refractivity (Wildman–Crippen MR) is 69.0 cm³/mol. The fourth-order valence-electron chi connectivity index (χ4n) is 3.10. The van der Waals surface area contributed by atoms with E-state index in [1.165, 1.54) is 4.90 Å². The average Bonchev–Trinajstić information content (AvgIpc) is 2.50. The Morgan fingerprint density at radius 1 is 1.29 bits per heavy atom. The van der Waals surface area contributed by atoms with E-state index >= 15 is 0 Å². The molecule has 1 heterocycles. The van der Waals surface area contributed by atoms with E-state index in [9.17, 15) is 29.6 Å².